The number of carboxylic acid groups (broad SMARTS) is 1. The summed E-state index contributed by atoms with van der Waals surface area (Å²) < 4.78 is 16.2. The number of rotatable bonds is 15. The summed E-state index contributed by atoms with van der Waals surface area (Å²) >= 11 is 0. The number of oxazole rings is 1. The van der Waals surface area contributed by atoms with E-state index in [0.717, 1.165) is 22.2 Å². The van der Waals surface area contributed by atoms with Crippen LogP contribution >= 0.6 is 0 Å². The number of amides is 2. The summed E-state index contributed by atoms with van der Waals surface area (Å²) in [6, 6.07) is 22.4. The van der Waals surface area contributed by atoms with Gasteiger partial charge in [0.1, 0.15) is 12.1 Å². The molecule has 3 aromatic carbocycles. The van der Waals surface area contributed by atoms with E-state index in [9.17, 15) is 19.5 Å². The molecule has 11 nitrogen and oxygen atoms in total. The predicted molar refractivity (Wildman–Crippen MR) is 151 cm³/mol. The maximum absolute atomic E-state index is 12.3. The highest BCUT2D eigenvalue weighted by atomic mass is 16.5. The molecule has 2 amide bonds. The fourth-order valence-electron chi connectivity index (χ4n) is 3.85. The number of hydrogen-bond donors (Lipinski definition) is 4. The van der Waals surface area contributed by atoms with Crippen molar-refractivity contribution in [3.8, 4) is 0 Å². The Morgan fingerprint density at radius 3 is 2.39 bits per heavy atom. The van der Waals surface area contributed by atoms with E-state index >= 15 is 0 Å². The van der Waals surface area contributed by atoms with Gasteiger partial charge in [-0.3, -0.25) is 4.79 Å². The van der Waals surface area contributed by atoms with Gasteiger partial charge in [0.2, 0.25) is 11.8 Å². The van der Waals surface area contributed by atoms with E-state index < -0.39 is 18.1 Å². The molecule has 1 atom stereocenters. The van der Waals surface area contributed by atoms with Gasteiger partial charge in [-0.25, -0.2) is 14.6 Å². The van der Waals surface area contributed by atoms with Gasteiger partial charge in [0.15, 0.2) is 11.6 Å². The van der Waals surface area contributed by atoms with E-state index in [2.05, 4.69) is 20.9 Å². The largest absolute Gasteiger partial charge is 0.480 e. The SMILES string of the molecule is O=C(CCCNCc1nc2ccccc2o1)Nc1ccc(COC[C@H](NC(=O)OCc2ccccc2)C(=O)O)cc1. The molecule has 0 aliphatic rings. The molecular formula is C30H32N4O7. The molecule has 0 fully saturated rings. The van der Waals surface area contributed by atoms with Crippen molar-refractivity contribution in [3.63, 3.8) is 0 Å². The first-order valence-corrected chi connectivity index (χ1v) is 13.2. The molecule has 0 saturated heterocycles. The van der Waals surface area contributed by atoms with Crippen LogP contribution in [0.2, 0.25) is 0 Å². The number of benzene rings is 3. The lowest BCUT2D eigenvalue weighted by Gasteiger charge is -2.15. The lowest BCUT2D eigenvalue weighted by atomic mass is 10.2. The minimum absolute atomic E-state index is 0.0286. The molecule has 1 aromatic heterocycles. The van der Waals surface area contributed by atoms with Crippen LogP contribution in [0.5, 0.6) is 0 Å². The van der Waals surface area contributed by atoms with Crippen molar-refractivity contribution in [2.45, 2.75) is 38.6 Å². The first-order valence-electron chi connectivity index (χ1n) is 13.2. The Hall–Kier alpha value is -4.74. The van der Waals surface area contributed by atoms with E-state index in [-0.39, 0.29) is 25.7 Å². The number of carbonyl (C=O) groups excluding carboxylic acids is 2. The van der Waals surface area contributed by atoms with Crippen LogP contribution in [-0.4, -0.2) is 47.3 Å². The summed E-state index contributed by atoms with van der Waals surface area (Å²) in [6.07, 6.45) is 0.156. The van der Waals surface area contributed by atoms with Crippen molar-refractivity contribution in [2.75, 3.05) is 18.5 Å². The molecule has 0 bridgehead atoms. The van der Waals surface area contributed by atoms with Gasteiger partial charge in [-0.2, -0.15) is 0 Å². The number of nitrogens with one attached hydrogen (secondary N) is 3. The van der Waals surface area contributed by atoms with Crippen molar-refractivity contribution in [2.24, 2.45) is 0 Å². The maximum Gasteiger partial charge on any atom is 0.408 e. The van der Waals surface area contributed by atoms with Crippen LogP contribution in [0.1, 0.15) is 29.9 Å². The van der Waals surface area contributed by atoms with Crippen LogP contribution in [0.3, 0.4) is 0 Å². The molecule has 4 rings (SSSR count). The highest BCUT2D eigenvalue weighted by Crippen LogP contribution is 2.14. The maximum atomic E-state index is 12.3. The number of nitrogens with zero attached hydrogens (tertiary/aromatic N) is 1. The Labute approximate surface area is 236 Å². The molecule has 0 radical (unpaired) electrons. The molecule has 4 N–H and O–H groups in total. The van der Waals surface area contributed by atoms with Gasteiger partial charge in [-0.05, 0) is 48.4 Å². The molecule has 0 unspecified atom stereocenters. The van der Waals surface area contributed by atoms with Crippen LogP contribution in [0.25, 0.3) is 11.1 Å². The van der Waals surface area contributed by atoms with Gasteiger partial charge in [-0.1, -0.05) is 54.6 Å². The van der Waals surface area contributed by atoms with E-state index in [1.54, 1.807) is 36.4 Å². The Morgan fingerprint density at radius 2 is 1.63 bits per heavy atom. The first kappa shape index (κ1) is 29.2. The number of anilines is 1. The minimum atomic E-state index is -1.26. The molecule has 0 spiro atoms. The normalized spacial score (nSPS) is 11.6. The number of carboxylic acids is 1. The average Bonchev–Trinajstić information content (AvgIpc) is 3.40. The molecule has 11 heteroatoms. The predicted octanol–water partition coefficient (Wildman–Crippen LogP) is 4.23. The summed E-state index contributed by atoms with van der Waals surface area (Å²) in [5.41, 5.74) is 3.78. The van der Waals surface area contributed by atoms with E-state index in [4.69, 9.17) is 13.9 Å². The highest BCUT2D eigenvalue weighted by molar-refractivity contribution is 5.90. The smallest absolute Gasteiger partial charge is 0.408 e. The molecule has 41 heavy (non-hydrogen) atoms. The van der Waals surface area contributed by atoms with Gasteiger partial charge in [0.25, 0.3) is 0 Å². The van der Waals surface area contributed by atoms with Crippen molar-refractivity contribution in [1.29, 1.82) is 0 Å². The first-order chi connectivity index (χ1) is 20.0. The monoisotopic (exact) mass is 560 g/mol. The Bertz CT molecular complexity index is 1390. The second-order valence-corrected chi connectivity index (χ2v) is 9.21. The standard InChI is InChI=1S/C30H32N4O7/c35-27(11-6-16-31-17-28-33-24-9-4-5-10-26(24)41-28)32-23-14-12-22(13-15-23)18-39-20-25(29(36)37)34-30(38)40-19-21-7-2-1-3-8-21/h1-5,7-10,12-15,25,31H,6,11,16-20H2,(H,32,35)(H,34,38)(H,36,37)/t25-/m0/s1. The number of alkyl carbamates (subject to hydrolysis) is 1. The zero-order valence-corrected chi connectivity index (χ0v) is 22.4. The van der Waals surface area contributed by atoms with Gasteiger partial charge in [0, 0.05) is 12.1 Å². The molecule has 0 aliphatic heterocycles. The Morgan fingerprint density at radius 1 is 0.902 bits per heavy atom. The number of aromatic nitrogens is 1. The molecule has 0 aliphatic carbocycles. The van der Waals surface area contributed by atoms with Gasteiger partial charge in [-0.15, -0.1) is 0 Å². The highest BCUT2D eigenvalue weighted by Gasteiger charge is 2.21. The number of aliphatic carboxylic acids is 1. The van der Waals surface area contributed by atoms with Crippen LogP contribution in [0, 0.1) is 0 Å². The topological polar surface area (TPSA) is 152 Å². The molecule has 0 saturated carbocycles. The van der Waals surface area contributed by atoms with Gasteiger partial charge < -0.3 is 34.9 Å². The zero-order valence-electron chi connectivity index (χ0n) is 22.4. The molecule has 1 heterocycles. The second-order valence-electron chi connectivity index (χ2n) is 9.21. The van der Waals surface area contributed by atoms with Crippen molar-refractivity contribution in [3.05, 3.63) is 95.9 Å². The van der Waals surface area contributed by atoms with Crippen molar-refractivity contribution >= 4 is 34.8 Å². The molecule has 4 aromatic rings. The third-order valence-corrected chi connectivity index (χ3v) is 5.97. The zero-order chi connectivity index (χ0) is 28.9. The van der Waals surface area contributed by atoms with Crippen LogP contribution in [0.4, 0.5) is 10.5 Å². The Balaban J connectivity index is 1.10. The molecule has 214 valence electrons. The third kappa shape index (κ3) is 9.75. The third-order valence-electron chi connectivity index (χ3n) is 5.97. The van der Waals surface area contributed by atoms with E-state index in [1.807, 2.05) is 42.5 Å². The number of para-hydroxylation sites is 2. The van der Waals surface area contributed by atoms with Crippen molar-refractivity contribution < 1.29 is 33.4 Å². The van der Waals surface area contributed by atoms with Gasteiger partial charge in [0.05, 0.1) is 19.8 Å². The summed E-state index contributed by atoms with van der Waals surface area (Å²) in [6.45, 7) is 1.04. The quantitative estimate of drug-likeness (QED) is 0.157. The molecular weight excluding hydrogens is 528 g/mol. The van der Waals surface area contributed by atoms with Crippen LogP contribution < -0.4 is 16.0 Å². The van der Waals surface area contributed by atoms with Crippen LogP contribution in [-0.2, 0) is 38.8 Å². The summed E-state index contributed by atoms with van der Waals surface area (Å²) in [7, 11) is 0. The lowest BCUT2D eigenvalue weighted by molar-refractivity contribution is -0.141. The van der Waals surface area contributed by atoms with Crippen LogP contribution in [0.15, 0.2) is 83.3 Å². The van der Waals surface area contributed by atoms with Gasteiger partial charge >= 0.3 is 12.1 Å². The number of fused-ring (bicyclic) bond motifs is 1. The summed E-state index contributed by atoms with van der Waals surface area (Å²) in [5, 5.41) is 17.8. The number of carbonyl (C=O) groups is 3. The van der Waals surface area contributed by atoms with E-state index in [1.165, 1.54) is 0 Å². The lowest BCUT2D eigenvalue weighted by Crippen LogP contribution is -2.44. The van der Waals surface area contributed by atoms with E-state index in [0.29, 0.717) is 37.5 Å². The fraction of sp³-hybridized carbons (Fsp3) is 0.267. The second kappa shape index (κ2) is 15.2. The van der Waals surface area contributed by atoms with Crippen molar-refractivity contribution in [1.82, 2.24) is 15.6 Å². The Kier molecular flexibility index (Phi) is 10.8. The number of ether oxygens (including phenoxy) is 2. The minimum Gasteiger partial charge on any atom is -0.480 e. The number of hydrogen-bond acceptors (Lipinski definition) is 8. The fourth-order valence-corrected chi connectivity index (χ4v) is 3.85. The average molecular weight is 561 g/mol. The summed E-state index contributed by atoms with van der Waals surface area (Å²) in [4.78, 5) is 40.2. The summed E-state index contributed by atoms with van der Waals surface area (Å²) in [5.74, 6) is -0.732.